The number of nitrogens with zero attached hydrogens (tertiary/aromatic N) is 2. The highest BCUT2D eigenvalue weighted by molar-refractivity contribution is 7.89. The van der Waals surface area contributed by atoms with Gasteiger partial charge in [0.25, 0.3) is 5.56 Å². The van der Waals surface area contributed by atoms with Crippen LogP contribution in [-0.2, 0) is 24.1 Å². The zero-order valence-electron chi connectivity index (χ0n) is 10.4. The van der Waals surface area contributed by atoms with E-state index in [1.807, 2.05) is 0 Å². The minimum atomic E-state index is -3.97. The number of hydrogen-bond acceptors (Lipinski definition) is 5. The summed E-state index contributed by atoms with van der Waals surface area (Å²) >= 11 is 0. The van der Waals surface area contributed by atoms with Gasteiger partial charge in [-0.05, 0) is 6.92 Å². The molecule has 3 N–H and O–H groups in total. The molecule has 0 amide bonds. The van der Waals surface area contributed by atoms with E-state index in [9.17, 15) is 18.0 Å². The van der Waals surface area contributed by atoms with E-state index in [-0.39, 0.29) is 12.6 Å². The van der Waals surface area contributed by atoms with Gasteiger partial charge < -0.3 is 10.3 Å². The van der Waals surface area contributed by atoms with Gasteiger partial charge in [-0.3, -0.25) is 9.36 Å². The molecule has 18 heavy (non-hydrogen) atoms. The molecule has 0 aliphatic rings. The molecule has 1 aromatic heterocycles. The molecule has 8 nitrogen and oxygen atoms in total. The molecular formula is C9H16N4O4S. The summed E-state index contributed by atoms with van der Waals surface area (Å²) in [6, 6.07) is -0.379. The molecule has 0 aliphatic carbocycles. The lowest BCUT2D eigenvalue weighted by Gasteiger charge is -2.10. The Labute approximate surface area is 104 Å². The van der Waals surface area contributed by atoms with E-state index in [0.717, 1.165) is 15.3 Å². The quantitative estimate of drug-likeness (QED) is 0.642. The van der Waals surface area contributed by atoms with Crippen molar-refractivity contribution in [2.24, 2.45) is 19.8 Å². The summed E-state index contributed by atoms with van der Waals surface area (Å²) < 4.78 is 27.7. The Hall–Kier alpha value is -1.45. The average Bonchev–Trinajstić information content (AvgIpc) is 2.28. The number of rotatable bonds is 4. The lowest BCUT2D eigenvalue weighted by atomic mass is 10.4. The van der Waals surface area contributed by atoms with Crippen LogP contribution in [0.4, 0.5) is 0 Å². The van der Waals surface area contributed by atoms with Crippen LogP contribution in [0.2, 0.25) is 0 Å². The molecule has 0 fully saturated rings. The molecule has 1 rings (SSSR count). The van der Waals surface area contributed by atoms with Crippen LogP contribution in [0.5, 0.6) is 0 Å². The van der Waals surface area contributed by atoms with E-state index >= 15 is 0 Å². The average molecular weight is 276 g/mol. The first-order valence-electron chi connectivity index (χ1n) is 5.18. The standard InChI is InChI=1S/C9H16N4O4S/c1-6(10)4-11-18(16,17)7-5-12(2)9(15)13(3)8(7)14/h5-6,11H,4,10H2,1-3H3. The van der Waals surface area contributed by atoms with Crippen LogP contribution in [0.3, 0.4) is 0 Å². The van der Waals surface area contributed by atoms with E-state index in [1.54, 1.807) is 6.92 Å². The summed E-state index contributed by atoms with van der Waals surface area (Å²) in [4.78, 5) is 22.7. The Balaban J connectivity index is 3.35. The number of aromatic nitrogens is 2. The summed E-state index contributed by atoms with van der Waals surface area (Å²) in [6.07, 6.45) is 0.994. The van der Waals surface area contributed by atoms with E-state index in [4.69, 9.17) is 5.73 Å². The van der Waals surface area contributed by atoms with E-state index in [2.05, 4.69) is 4.72 Å². The lowest BCUT2D eigenvalue weighted by Crippen LogP contribution is -2.43. The fourth-order valence-electron chi connectivity index (χ4n) is 1.28. The third kappa shape index (κ3) is 2.86. The number of nitrogens with one attached hydrogen (secondary N) is 1. The predicted octanol–water partition coefficient (Wildman–Crippen LogP) is -2.29. The van der Waals surface area contributed by atoms with Gasteiger partial charge >= 0.3 is 5.69 Å². The second kappa shape index (κ2) is 5.04. The van der Waals surface area contributed by atoms with Gasteiger partial charge in [0, 0.05) is 32.9 Å². The Kier molecular flexibility index (Phi) is 4.09. The normalized spacial score (nSPS) is 13.6. The van der Waals surface area contributed by atoms with Crippen molar-refractivity contribution >= 4 is 10.0 Å². The topological polar surface area (TPSA) is 116 Å². The van der Waals surface area contributed by atoms with Crippen molar-refractivity contribution in [3.8, 4) is 0 Å². The molecule has 1 unspecified atom stereocenters. The molecule has 102 valence electrons. The molecule has 0 spiro atoms. The second-order valence-electron chi connectivity index (χ2n) is 4.08. The molecule has 1 aromatic rings. The maximum Gasteiger partial charge on any atom is 0.330 e. The van der Waals surface area contributed by atoms with Crippen molar-refractivity contribution in [1.29, 1.82) is 0 Å². The van der Waals surface area contributed by atoms with Crippen molar-refractivity contribution in [3.05, 3.63) is 27.0 Å². The van der Waals surface area contributed by atoms with Crippen LogP contribution < -0.4 is 21.7 Å². The zero-order chi connectivity index (χ0) is 14.1. The van der Waals surface area contributed by atoms with Gasteiger partial charge in [-0.25, -0.2) is 17.9 Å². The van der Waals surface area contributed by atoms with Crippen molar-refractivity contribution in [2.45, 2.75) is 17.9 Å². The number of aryl methyl sites for hydroxylation is 1. The van der Waals surface area contributed by atoms with Crippen molar-refractivity contribution in [3.63, 3.8) is 0 Å². The van der Waals surface area contributed by atoms with Crippen molar-refractivity contribution in [2.75, 3.05) is 6.54 Å². The number of sulfonamides is 1. The molecule has 0 saturated heterocycles. The van der Waals surface area contributed by atoms with Gasteiger partial charge in [0.1, 0.15) is 0 Å². The van der Waals surface area contributed by atoms with Gasteiger partial charge in [0.2, 0.25) is 10.0 Å². The fourth-order valence-corrected chi connectivity index (χ4v) is 2.58. The van der Waals surface area contributed by atoms with Gasteiger partial charge in [-0.1, -0.05) is 0 Å². The second-order valence-corrected chi connectivity index (χ2v) is 5.82. The van der Waals surface area contributed by atoms with Crippen LogP contribution in [0.15, 0.2) is 20.7 Å². The molecule has 0 aromatic carbocycles. The van der Waals surface area contributed by atoms with Gasteiger partial charge in [0.15, 0.2) is 4.90 Å². The summed E-state index contributed by atoms with van der Waals surface area (Å²) in [5.74, 6) is 0. The van der Waals surface area contributed by atoms with Crippen LogP contribution in [-0.4, -0.2) is 30.1 Å². The summed E-state index contributed by atoms with van der Waals surface area (Å²) in [7, 11) is -1.39. The first-order chi connectivity index (χ1) is 8.16. The summed E-state index contributed by atoms with van der Waals surface area (Å²) in [5.41, 5.74) is 3.98. The number of nitrogens with two attached hydrogens (primary N) is 1. The number of hydrogen-bond donors (Lipinski definition) is 2. The van der Waals surface area contributed by atoms with Crippen LogP contribution in [0, 0.1) is 0 Å². The smallest absolute Gasteiger partial charge is 0.327 e. The summed E-state index contributed by atoms with van der Waals surface area (Å²) in [6.45, 7) is 1.63. The van der Waals surface area contributed by atoms with E-state index < -0.39 is 26.2 Å². The minimum absolute atomic E-state index is 0.00826. The Morgan fingerprint density at radius 2 is 1.94 bits per heavy atom. The first kappa shape index (κ1) is 14.6. The van der Waals surface area contributed by atoms with Gasteiger partial charge in [-0.2, -0.15) is 0 Å². The molecule has 9 heteroatoms. The molecule has 1 heterocycles. The third-order valence-corrected chi connectivity index (χ3v) is 3.71. The maximum atomic E-state index is 11.9. The monoisotopic (exact) mass is 276 g/mol. The Bertz CT molecular complexity index is 656. The van der Waals surface area contributed by atoms with Gasteiger partial charge in [-0.15, -0.1) is 0 Å². The highest BCUT2D eigenvalue weighted by atomic mass is 32.2. The molecule has 0 saturated carbocycles. The third-order valence-electron chi connectivity index (χ3n) is 2.30. The van der Waals surface area contributed by atoms with Crippen molar-refractivity contribution < 1.29 is 8.42 Å². The Morgan fingerprint density at radius 3 is 2.44 bits per heavy atom. The Morgan fingerprint density at radius 1 is 1.39 bits per heavy atom. The van der Waals surface area contributed by atoms with E-state index in [0.29, 0.717) is 0 Å². The highest BCUT2D eigenvalue weighted by Crippen LogP contribution is 1.99. The minimum Gasteiger partial charge on any atom is -0.327 e. The maximum absolute atomic E-state index is 11.9. The molecule has 1 atom stereocenters. The summed E-state index contributed by atoms with van der Waals surface area (Å²) in [5, 5.41) is 0. The lowest BCUT2D eigenvalue weighted by molar-refractivity contribution is 0.564. The van der Waals surface area contributed by atoms with E-state index in [1.165, 1.54) is 14.1 Å². The highest BCUT2D eigenvalue weighted by Gasteiger charge is 2.21. The van der Waals surface area contributed by atoms with Crippen LogP contribution >= 0.6 is 0 Å². The van der Waals surface area contributed by atoms with Gasteiger partial charge in [0.05, 0.1) is 0 Å². The molecule has 0 bridgehead atoms. The molecule has 0 aliphatic heterocycles. The van der Waals surface area contributed by atoms with Crippen LogP contribution in [0.25, 0.3) is 0 Å². The predicted molar refractivity (Wildman–Crippen MR) is 65.8 cm³/mol. The zero-order valence-corrected chi connectivity index (χ0v) is 11.2. The SMILES string of the molecule is CC(N)CNS(=O)(=O)c1cn(C)c(=O)n(C)c1=O. The van der Waals surface area contributed by atoms with Crippen LogP contribution in [0.1, 0.15) is 6.92 Å². The molecular weight excluding hydrogens is 260 g/mol. The first-order valence-corrected chi connectivity index (χ1v) is 6.67. The van der Waals surface area contributed by atoms with Crippen molar-refractivity contribution in [1.82, 2.24) is 13.9 Å². The fraction of sp³-hybridized carbons (Fsp3) is 0.556. The largest absolute Gasteiger partial charge is 0.330 e. The molecule has 0 radical (unpaired) electrons.